The van der Waals surface area contributed by atoms with Crippen LogP contribution in [0.5, 0.6) is 0 Å². The van der Waals surface area contributed by atoms with Crippen LogP contribution in [0.15, 0.2) is 35.7 Å². The van der Waals surface area contributed by atoms with Gasteiger partial charge in [0.2, 0.25) is 0 Å². The van der Waals surface area contributed by atoms with E-state index in [1.807, 2.05) is 23.3 Å². The van der Waals surface area contributed by atoms with Gasteiger partial charge >= 0.3 is 6.03 Å². The van der Waals surface area contributed by atoms with Crippen molar-refractivity contribution in [1.29, 1.82) is 0 Å². The molecular weight excluding hydrogens is 355 g/mol. The highest BCUT2D eigenvalue weighted by molar-refractivity contribution is 7.12. The van der Waals surface area contributed by atoms with Crippen LogP contribution in [0.3, 0.4) is 0 Å². The lowest BCUT2D eigenvalue weighted by Gasteiger charge is -2.38. The molecule has 2 aliphatic rings. The molecule has 3 heterocycles. The van der Waals surface area contributed by atoms with E-state index in [0.717, 1.165) is 10.4 Å². The van der Waals surface area contributed by atoms with Gasteiger partial charge in [-0.2, -0.15) is 0 Å². The number of anilines is 1. The van der Waals surface area contributed by atoms with E-state index in [-0.39, 0.29) is 11.9 Å². The minimum atomic E-state index is -0.606. The van der Waals surface area contributed by atoms with Crippen molar-refractivity contribution in [1.82, 2.24) is 15.6 Å². The van der Waals surface area contributed by atoms with Gasteiger partial charge in [0.25, 0.3) is 5.91 Å². The predicted molar refractivity (Wildman–Crippen MR) is 97.5 cm³/mol. The Hall–Kier alpha value is -2.45. The first-order valence-electron chi connectivity index (χ1n) is 8.46. The lowest BCUT2D eigenvalue weighted by atomic mass is 9.98. The van der Waals surface area contributed by atoms with E-state index in [1.54, 1.807) is 12.1 Å². The first-order valence-corrected chi connectivity index (χ1v) is 9.34. The largest absolute Gasteiger partial charge is 0.338 e. The van der Waals surface area contributed by atoms with Gasteiger partial charge < -0.3 is 10.2 Å². The van der Waals surface area contributed by atoms with Gasteiger partial charge in [-0.25, -0.2) is 19.6 Å². The van der Waals surface area contributed by atoms with Crippen molar-refractivity contribution in [2.45, 2.75) is 25.4 Å². The number of carbonyl (C=O) groups excluding carboxylic acids is 2. The summed E-state index contributed by atoms with van der Waals surface area (Å²) in [6.45, 7) is 3.02. The second kappa shape index (κ2) is 6.37. The summed E-state index contributed by atoms with van der Waals surface area (Å²) in [6, 6.07) is 7.51. The van der Waals surface area contributed by atoms with Gasteiger partial charge in [0.05, 0.1) is 10.6 Å². The number of benzene rings is 1. The van der Waals surface area contributed by atoms with Crippen LogP contribution in [0.25, 0.3) is 0 Å². The summed E-state index contributed by atoms with van der Waals surface area (Å²) in [5, 5.41) is 6.22. The number of carbonyl (C=O) groups is 2. The summed E-state index contributed by atoms with van der Waals surface area (Å²) in [5.74, 6) is -0.358. The number of halogens is 1. The molecule has 0 aliphatic carbocycles. The minimum Gasteiger partial charge on any atom is -0.338 e. The zero-order valence-corrected chi connectivity index (χ0v) is 15.1. The fourth-order valence-electron chi connectivity index (χ4n) is 3.41. The fraction of sp³-hybridized carbons (Fsp3) is 0.333. The van der Waals surface area contributed by atoms with E-state index in [0.29, 0.717) is 31.6 Å². The molecular formula is C18H19FN4O2S. The maximum absolute atomic E-state index is 13.5. The average Bonchev–Trinajstić information content (AvgIpc) is 3.18. The molecule has 2 saturated heterocycles. The summed E-state index contributed by atoms with van der Waals surface area (Å²) in [4.78, 5) is 27.6. The van der Waals surface area contributed by atoms with Gasteiger partial charge in [0.15, 0.2) is 0 Å². The number of hydrazine groups is 1. The molecule has 2 aliphatic heterocycles. The third-order valence-corrected chi connectivity index (χ3v) is 5.91. The molecule has 2 fully saturated rings. The van der Waals surface area contributed by atoms with Crippen LogP contribution >= 0.6 is 11.3 Å². The third-order valence-electron chi connectivity index (χ3n) is 4.90. The zero-order valence-electron chi connectivity index (χ0n) is 14.3. The van der Waals surface area contributed by atoms with Gasteiger partial charge in [0, 0.05) is 25.9 Å². The van der Waals surface area contributed by atoms with Crippen molar-refractivity contribution in [3.63, 3.8) is 0 Å². The molecule has 0 saturated carbocycles. The van der Waals surface area contributed by atoms with Gasteiger partial charge in [-0.05, 0) is 42.1 Å². The second-order valence-electron chi connectivity index (χ2n) is 6.66. The number of piperidine rings is 1. The number of urea groups is 1. The fourth-order valence-corrected chi connectivity index (χ4v) is 4.31. The number of hydrogen-bond acceptors (Lipinski definition) is 4. The number of amides is 3. The Kier molecular flexibility index (Phi) is 4.16. The first kappa shape index (κ1) is 17.0. The molecule has 136 valence electrons. The lowest BCUT2D eigenvalue weighted by Crippen LogP contribution is -2.58. The molecule has 0 radical (unpaired) electrons. The van der Waals surface area contributed by atoms with Crippen molar-refractivity contribution in [2.24, 2.45) is 0 Å². The van der Waals surface area contributed by atoms with Crippen LogP contribution in [0.2, 0.25) is 0 Å². The highest BCUT2D eigenvalue weighted by Gasteiger charge is 2.45. The van der Waals surface area contributed by atoms with E-state index in [2.05, 4.69) is 10.7 Å². The van der Waals surface area contributed by atoms with Crippen molar-refractivity contribution >= 4 is 29.0 Å². The van der Waals surface area contributed by atoms with Crippen LogP contribution in [-0.4, -0.2) is 35.6 Å². The highest BCUT2D eigenvalue weighted by atomic mass is 32.1. The first-order chi connectivity index (χ1) is 12.5. The van der Waals surface area contributed by atoms with Crippen molar-refractivity contribution in [3.05, 3.63) is 52.0 Å². The van der Waals surface area contributed by atoms with Crippen LogP contribution in [0.1, 0.15) is 28.1 Å². The Balaban J connectivity index is 1.45. The van der Waals surface area contributed by atoms with E-state index in [9.17, 15) is 14.0 Å². The SMILES string of the molecule is Cc1ccsc1C(=O)N1CCC2(CC1)NC(=O)N(c1cccc(F)c1)N2. The lowest BCUT2D eigenvalue weighted by molar-refractivity contribution is 0.0645. The van der Waals surface area contributed by atoms with Gasteiger partial charge in [-0.15, -0.1) is 11.3 Å². The topological polar surface area (TPSA) is 64.7 Å². The molecule has 0 bridgehead atoms. The second-order valence-corrected chi connectivity index (χ2v) is 7.58. The predicted octanol–water partition coefficient (Wildman–Crippen LogP) is 2.86. The maximum Gasteiger partial charge on any atom is 0.338 e. The minimum absolute atomic E-state index is 0.0404. The van der Waals surface area contributed by atoms with Crippen LogP contribution in [0.4, 0.5) is 14.9 Å². The summed E-state index contributed by atoms with van der Waals surface area (Å²) >= 11 is 1.45. The maximum atomic E-state index is 13.5. The number of thiophene rings is 1. The van der Waals surface area contributed by atoms with Crippen molar-refractivity contribution in [2.75, 3.05) is 18.1 Å². The number of nitrogens with one attached hydrogen (secondary N) is 2. The Morgan fingerprint density at radius 3 is 2.69 bits per heavy atom. The van der Waals surface area contributed by atoms with Crippen LogP contribution in [-0.2, 0) is 0 Å². The molecule has 8 heteroatoms. The van der Waals surface area contributed by atoms with Gasteiger partial charge in [-0.3, -0.25) is 4.79 Å². The molecule has 2 N–H and O–H groups in total. The summed E-state index contributed by atoms with van der Waals surface area (Å²) in [5.41, 5.74) is 4.01. The summed E-state index contributed by atoms with van der Waals surface area (Å²) in [7, 11) is 0. The highest BCUT2D eigenvalue weighted by Crippen LogP contribution is 2.29. The number of rotatable bonds is 2. The van der Waals surface area contributed by atoms with E-state index in [4.69, 9.17) is 0 Å². The smallest absolute Gasteiger partial charge is 0.338 e. The molecule has 2 aromatic rings. The van der Waals surface area contributed by atoms with E-state index in [1.165, 1.54) is 28.5 Å². The normalized spacial score (nSPS) is 19.1. The Morgan fingerprint density at radius 2 is 2.04 bits per heavy atom. The Labute approximate surface area is 154 Å². The number of hydrogen-bond donors (Lipinski definition) is 2. The average molecular weight is 374 g/mol. The zero-order chi connectivity index (χ0) is 18.3. The van der Waals surface area contributed by atoms with Crippen molar-refractivity contribution < 1.29 is 14.0 Å². The molecule has 6 nitrogen and oxygen atoms in total. The monoisotopic (exact) mass is 374 g/mol. The molecule has 4 rings (SSSR count). The third kappa shape index (κ3) is 2.95. The number of likely N-dealkylation sites (tertiary alicyclic amines) is 1. The van der Waals surface area contributed by atoms with E-state index < -0.39 is 11.5 Å². The van der Waals surface area contributed by atoms with Gasteiger partial charge in [0.1, 0.15) is 11.5 Å². The standard InChI is InChI=1S/C18H19FN4O2S/c1-12-5-10-26-15(12)16(24)22-8-6-18(7-9-22)20-17(25)23(21-18)14-4-2-3-13(19)11-14/h2-5,10-11,21H,6-9H2,1H3,(H,20,25). The summed E-state index contributed by atoms with van der Waals surface area (Å²) < 4.78 is 13.5. The molecule has 1 spiro atoms. The van der Waals surface area contributed by atoms with Crippen molar-refractivity contribution in [3.8, 4) is 0 Å². The van der Waals surface area contributed by atoms with Crippen LogP contribution in [0, 0.1) is 12.7 Å². The number of aryl methyl sites for hydroxylation is 1. The van der Waals surface area contributed by atoms with E-state index >= 15 is 0 Å². The molecule has 1 aromatic heterocycles. The Morgan fingerprint density at radius 1 is 1.27 bits per heavy atom. The number of nitrogens with zero attached hydrogens (tertiary/aromatic N) is 2. The summed E-state index contributed by atoms with van der Waals surface area (Å²) in [6.07, 6.45) is 1.17. The quantitative estimate of drug-likeness (QED) is 0.850. The Bertz CT molecular complexity index is 860. The van der Waals surface area contributed by atoms with Gasteiger partial charge in [-0.1, -0.05) is 6.07 Å². The molecule has 3 amide bonds. The molecule has 0 unspecified atom stereocenters. The molecule has 26 heavy (non-hydrogen) atoms. The molecule has 0 atom stereocenters. The molecule has 1 aromatic carbocycles. The van der Waals surface area contributed by atoms with Crippen LogP contribution < -0.4 is 15.8 Å².